The predicted molar refractivity (Wildman–Crippen MR) is 96.3 cm³/mol. The zero-order valence-electron chi connectivity index (χ0n) is 15.8. The average Bonchev–Trinajstić information content (AvgIpc) is 2.90. The number of likely N-dealkylation sites (tertiary alicyclic amines) is 1. The first-order valence-corrected chi connectivity index (χ1v) is 10.6. The van der Waals surface area contributed by atoms with Gasteiger partial charge in [0.15, 0.2) is 0 Å². The Morgan fingerprint density at radius 1 is 1.15 bits per heavy atom. The molecule has 9 heteroatoms. The third kappa shape index (κ3) is 3.79. The van der Waals surface area contributed by atoms with Crippen molar-refractivity contribution >= 4 is 15.9 Å². The Hall–Kier alpha value is -1.45. The smallest absolute Gasteiger partial charge is 0.246 e. The summed E-state index contributed by atoms with van der Waals surface area (Å²) in [6.45, 7) is 8.70. The summed E-state index contributed by atoms with van der Waals surface area (Å²) in [6, 6.07) is 0. The molecule has 8 nitrogen and oxygen atoms in total. The second-order valence-corrected chi connectivity index (χ2v) is 9.11. The van der Waals surface area contributed by atoms with E-state index in [1.54, 1.807) is 13.8 Å². The number of piperidine rings is 1. The maximum atomic E-state index is 13.0. The molecule has 0 radical (unpaired) electrons. The van der Waals surface area contributed by atoms with Gasteiger partial charge < -0.3 is 9.64 Å². The third-order valence-electron chi connectivity index (χ3n) is 5.30. The highest BCUT2D eigenvalue weighted by molar-refractivity contribution is 7.89. The van der Waals surface area contributed by atoms with Crippen molar-refractivity contribution in [2.24, 2.45) is 5.92 Å². The molecule has 0 atom stereocenters. The number of aryl methyl sites for hydroxylation is 1. The van der Waals surface area contributed by atoms with Crippen LogP contribution in [-0.4, -0.2) is 72.7 Å². The molecule has 0 bridgehead atoms. The van der Waals surface area contributed by atoms with Crippen LogP contribution in [0.15, 0.2) is 4.90 Å². The Kier molecular flexibility index (Phi) is 5.69. The van der Waals surface area contributed by atoms with E-state index in [4.69, 9.17) is 4.74 Å². The molecule has 0 saturated carbocycles. The molecule has 3 heterocycles. The first-order valence-electron chi connectivity index (χ1n) is 9.20. The number of hydrogen-bond donors (Lipinski definition) is 0. The lowest BCUT2D eigenvalue weighted by Crippen LogP contribution is -2.41. The van der Waals surface area contributed by atoms with Crippen LogP contribution in [0.25, 0.3) is 0 Å². The number of carbonyl (C=O) groups excluding carboxylic acids is 1. The predicted octanol–water partition coefficient (Wildman–Crippen LogP) is 0.779. The zero-order chi connectivity index (χ0) is 18.9. The number of hydrogen-bond acceptors (Lipinski definition) is 5. The summed E-state index contributed by atoms with van der Waals surface area (Å²) in [7, 11) is -3.63. The second kappa shape index (κ2) is 7.66. The van der Waals surface area contributed by atoms with Crippen molar-refractivity contribution in [2.45, 2.75) is 45.1 Å². The number of amides is 1. The molecule has 0 unspecified atom stereocenters. The van der Waals surface area contributed by atoms with E-state index in [1.165, 1.54) is 8.99 Å². The summed E-state index contributed by atoms with van der Waals surface area (Å²) in [6.07, 6.45) is 2.03. The van der Waals surface area contributed by atoms with E-state index >= 15 is 0 Å². The fourth-order valence-electron chi connectivity index (χ4n) is 3.61. The monoisotopic (exact) mass is 384 g/mol. The summed E-state index contributed by atoms with van der Waals surface area (Å²) in [5.41, 5.74) is 0.960. The Bertz CT molecular complexity index is 760. The molecular formula is C17H28N4O4S. The number of rotatable bonds is 4. The van der Waals surface area contributed by atoms with Crippen LogP contribution in [0.2, 0.25) is 0 Å². The van der Waals surface area contributed by atoms with Gasteiger partial charge in [-0.1, -0.05) is 6.92 Å². The Balaban J connectivity index is 1.78. The zero-order valence-corrected chi connectivity index (χ0v) is 16.6. The lowest BCUT2D eigenvalue weighted by molar-refractivity contribution is -0.133. The van der Waals surface area contributed by atoms with Gasteiger partial charge in [-0.25, -0.2) is 8.42 Å². The molecule has 26 heavy (non-hydrogen) atoms. The summed E-state index contributed by atoms with van der Waals surface area (Å²) in [5, 5.41) is 4.35. The molecule has 2 aliphatic heterocycles. The van der Waals surface area contributed by atoms with Crippen molar-refractivity contribution in [1.29, 1.82) is 0 Å². The van der Waals surface area contributed by atoms with Gasteiger partial charge in [-0.2, -0.15) is 9.40 Å². The Morgan fingerprint density at radius 3 is 2.38 bits per heavy atom. The highest BCUT2D eigenvalue weighted by atomic mass is 32.2. The van der Waals surface area contributed by atoms with Gasteiger partial charge >= 0.3 is 0 Å². The topological polar surface area (TPSA) is 84.7 Å². The largest absolute Gasteiger partial charge is 0.379 e. The number of carbonyl (C=O) groups is 1. The molecule has 0 spiro atoms. The molecule has 1 aromatic heterocycles. The van der Waals surface area contributed by atoms with Crippen LogP contribution in [-0.2, 0) is 26.1 Å². The van der Waals surface area contributed by atoms with Gasteiger partial charge in [0, 0.05) is 26.2 Å². The van der Waals surface area contributed by atoms with Gasteiger partial charge in [-0.05, 0) is 32.6 Å². The molecule has 0 aromatic carbocycles. The SMILES string of the molecule is Cc1nn(CC(=O)N2CCC(C)CC2)c(C)c1S(=O)(=O)N1CCOCC1. The van der Waals surface area contributed by atoms with E-state index in [0.29, 0.717) is 43.6 Å². The van der Waals surface area contributed by atoms with Gasteiger partial charge in [0.05, 0.1) is 24.6 Å². The van der Waals surface area contributed by atoms with Gasteiger partial charge in [0.2, 0.25) is 15.9 Å². The van der Waals surface area contributed by atoms with Gasteiger partial charge in [0.1, 0.15) is 11.4 Å². The van der Waals surface area contributed by atoms with Crippen LogP contribution in [0.5, 0.6) is 0 Å². The number of aromatic nitrogens is 2. The minimum atomic E-state index is -3.63. The van der Waals surface area contributed by atoms with Crippen LogP contribution in [0.3, 0.4) is 0 Å². The number of nitrogens with zero attached hydrogens (tertiary/aromatic N) is 4. The maximum Gasteiger partial charge on any atom is 0.246 e. The highest BCUT2D eigenvalue weighted by Crippen LogP contribution is 2.24. The van der Waals surface area contributed by atoms with Crippen LogP contribution >= 0.6 is 0 Å². The number of sulfonamides is 1. The normalized spacial score (nSPS) is 20.5. The maximum absolute atomic E-state index is 13.0. The summed E-state index contributed by atoms with van der Waals surface area (Å²) >= 11 is 0. The van der Waals surface area contributed by atoms with Crippen molar-refractivity contribution in [2.75, 3.05) is 39.4 Å². The molecule has 146 valence electrons. The average molecular weight is 385 g/mol. The lowest BCUT2D eigenvalue weighted by Gasteiger charge is -2.30. The van der Waals surface area contributed by atoms with Crippen molar-refractivity contribution in [3.8, 4) is 0 Å². The molecular weight excluding hydrogens is 356 g/mol. The minimum Gasteiger partial charge on any atom is -0.379 e. The van der Waals surface area contributed by atoms with Crippen LogP contribution < -0.4 is 0 Å². The number of ether oxygens (including phenoxy) is 1. The molecule has 3 rings (SSSR count). The van der Waals surface area contributed by atoms with E-state index in [0.717, 1.165) is 25.9 Å². The third-order valence-corrected chi connectivity index (χ3v) is 7.46. The molecule has 0 N–H and O–H groups in total. The van der Waals surface area contributed by atoms with Crippen LogP contribution in [0.1, 0.15) is 31.2 Å². The second-order valence-electron chi connectivity index (χ2n) is 7.24. The Morgan fingerprint density at radius 2 is 1.77 bits per heavy atom. The van der Waals surface area contributed by atoms with Crippen LogP contribution in [0, 0.1) is 19.8 Å². The van der Waals surface area contributed by atoms with E-state index < -0.39 is 10.0 Å². The van der Waals surface area contributed by atoms with Crippen molar-refractivity contribution < 1.29 is 17.9 Å². The van der Waals surface area contributed by atoms with E-state index in [1.807, 2.05) is 4.90 Å². The fraction of sp³-hybridized carbons (Fsp3) is 0.765. The van der Waals surface area contributed by atoms with E-state index in [2.05, 4.69) is 12.0 Å². The standard InChI is InChI=1S/C17H28N4O4S/c1-13-4-6-19(7-5-13)16(22)12-21-15(3)17(14(2)18-21)26(23,24)20-8-10-25-11-9-20/h13H,4-12H2,1-3H3. The highest BCUT2D eigenvalue weighted by Gasteiger charge is 2.32. The molecule has 2 aliphatic rings. The van der Waals surface area contributed by atoms with Crippen molar-refractivity contribution in [3.05, 3.63) is 11.4 Å². The van der Waals surface area contributed by atoms with E-state index in [9.17, 15) is 13.2 Å². The van der Waals surface area contributed by atoms with Gasteiger partial charge in [-0.3, -0.25) is 9.48 Å². The fourth-order valence-corrected chi connectivity index (χ4v) is 5.39. The molecule has 1 aromatic rings. The summed E-state index contributed by atoms with van der Waals surface area (Å²) < 4.78 is 34.2. The summed E-state index contributed by atoms with van der Waals surface area (Å²) in [5.74, 6) is 0.649. The van der Waals surface area contributed by atoms with Crippen LogP contribution in [0.4, 0.5) is 0 Å². The first-order chi connectivity index (χ1) is 12.3. The molecule has 2 saturated heterocycles. The van der Waals surface area contributed by atoms with Crippen molar-refractivity contribution in [1.82, 2.24) is 19.0 Å². The quantitative estimate of drug-likeness (QED) is 0.766. The van der Waals surface area contributed by atoms with Gasteiger partial charge in [0.25, 0.3) is 0 Å². The first kappa shape index (κ1) is 19.3. The Labute approximate surface area is 155 Å². The van der Waals surface area contributed by atoms with Crippen molar-refractivity contribution in [3.63, 3.8) is 0 Å². The van der Waals surface area contributed by atoms with Gasteiger partial charge in [-0.15, -0.1) is 0 Å². The molecule has 2 fully saturated rings. The summed E-state index contributed by atoms with van der Waals surface area (Å²) in [4.78, 5) is 14.7. The number of morpholine rings is 1. The molecule has 1 amide bonds. The van der Waals surface area contributed by atoms with E-state index in [-0.39, 0.29) is 17.3 Å². The lowest BCUT2D eigenvalue weighted by atomic mass is 9.99. The minimum absolute atomic E-state index is 0.00202. The molecule has 0 aliphatic carbocycles.